The second-order valence-corrected chi connectivity index (χ2v) is 7.48. The number of aromatic nitrogens is 4. The van der Waals surface area contributed by atoms with Crippen molar-refractivity contribution in [3.05, 3.63) is 77.9 Å². The van der Waals surface area contributed by atoms with Crippen LogP contribution < -0.4 is 4.90 Å². The lowest BCUT2D eigenvalue weighted by Gasteiger charge is -2.26. The smallest absolute Gasteiger partial charge is 0.178 e. The van der Waals surface area contributed by atoms with Crippen LogP contribution in [0.3, 0.4) is 0 Å². The van der Waals surface area contributed by atoms with Gasteiger partial charge in [0.2, 0.25) is 0 Å². The van der Waals surface area contributed by atoms with Crippen LogP contribution in [0.5, 0.6) is 0 Å². The summed E-state index contributed by atoms with van der Waals surface area (Å²) in [5.74, 6) is 0.488. The van der Waals surface area contributed by atoms with Crippen LogP contribution in [0.2, 0.25) is 0 Å². The maximum Gasteiger partial charge on any atom is 0.178 e. The fourth-order valence-corrected chi connectivity index (χ4v) is 4.07. The number of carbonyl (C=O) groups is 1. The molecule has 1 fully saturated rings. The minimum Gasteiger partial charge on any atom is -0.348 e. The number of carbonyl (C=O) groups excluding carboxylic acids is 1. The van der Waals surface area contributed by atoms with Crippen molar-refractivity contribution in [3.63, 3.8) is 0 Å². The van der Waals surface area contributed by atoms with E-state index in [4.69, 9.17) is 5.10 Å². The summed E-state index contributed by atoms with van der Waals surface area (Å²) >= 11 is 0. The molecule has 0 amide bonds. The van der Waals surface area contributed by atoms with E-state index in [1.807, 2.05) is 30.3 Å². The quantitative estimate of drug-likeness (QED) is 0.472. The van der Waals surface area contributed by atoms with E-state index in [-0.39, 0.29) is 17.6 Å². The molecule has 1 aliphatic heterocycles. The van der Waals surface area contributed by atoms with Crippen molar-refractivity contribution < 1.29 is 9.18 Å². The fourth-order valence-electron chi connectivity index (χ4n) is 4.07. The molecule has 1 aliphatic rings. The molecular formula is C23H20FN5O. The van der Waals surface area contributed by atoms with Crippen LogP contribution in [0.4, 0.5) is 10.2 Å². The zero-order valence-electron chi connectivity index (χ0n) is 16.5. The van der Waals surface area contributed by atoms with Gasteiger partial charge in [-0.3, -0.25) is 4.79 Å². The van der Waals surface area contributed by atoms with Crippen molar-refractivity contribution in [2.75, 3.05) is 11.4 Å². The van der Waals surface area contributed by atoms with Crippen LogP contribution in [0.25, 0.3) is 17.0 Å². The highest BCUT2D eigenvalue weighted by Gasteiger charge is 2.28. The molecule has 0 N–H and O–H groups in total. The Bertz CT molecular complexity index is 1250. The van der Waals surface area contributed by atoms with Gasteiger partial charge in [-0.15, -0.1) is 5.10 Å². The summed E-state index contributed by atoms with van der Waals surface area (Å²) in [5, 5.41) is 4.83. The number of pyridine rings is 1. The first-order chi connectivity index (χ1) is 14.6. The van der Waals surface area contributed by atoms with Crippen LogP contribution >= 0.6 is 0 Å². The number of rotatable bonds is 4. The molecule has 1 aromatic carbocycles. The van der Waals surface area contributed by atoms with E-state index in [2.05, 4.69) is 14.9 Å². The van der Waals surface area contributed by atoms with Crippen LogP contribution in [-0.4, -0.2) is 31.9 Å². The van der Waals surface area contributed by atoms with Gasteiger partial charge in [0, 0.05) is 13.5 Å². The molecule has 0 spiro atoms. The van der Waals surface area contributed by atoms with Crippen molar-refractivity contribution in [2.45, 2.75) is 25.8 Å². The topological polar surface area (TPSA) is 63.4 Å². The largest absolute Gasteiger partial charge is 0.348 e. The van der Waals surface area contributed by atoms with Gasteiger partial charge in [0.25, 0.3) is 0 Å². The summed E-state index contributed by atoms with van der Waals surface area (Å²) in [6.45, 7) is 2.35. The van der Waals surface area contributed by atoms with Gasteiger partial charge in [-0.25, -0.2) is 18.9 Å². The lowest BCUT2D eigenvalue weighted by Crippen LogP contribution is -2.24. The normalized spacial score (nSPS) is 16.3. The molecule has 1 unspecified atom stereocenters. The van der Waals surface area contributed by atoms with Crippen molar-refractivity contribution in [1.82, 2.24) is 19.6 Å². The van der Waals surface area contributed by atoms with Gasteiger partial charge >= 0.3 is 0 Å². The number of hydrogen-bond donors (Lipinski definition) is 0. The maximum atomic E-state index is 13.8. The molecule has 6 nitrogen and oxygen atoms in total. The predicted molar refractivity (Wildman–Crippen MR) is 112 cm³/mol. The Morgan fingerprint density at radius 2 is 2.00 bits per heavy atom. The van der Waals surface area contributed by atoms with Crippen molar-refractivity contribution >= 4 is 17.2 Å². The second-order valence-electron chi connectivity index (χ2n) is 7.48. The molecule has 1 atom stereocenters. The molecule has 150 valence electrons. The summed E-state index contributed by atoms with van der Waals surface area (Å²) in [6, 6.07) is 16.1. The number of ketones is 1. The predicted octanol–water partition coefficient (Wildman–Crippen LogP) is 4.47. The third-order valence-electron chi connectivity index (χ3n) is 5.50. The van der Waals surface area contributed by atoms with Gasteiger partial charge in [-0.05, 0) is 54.8 Å². The Hall–Kier alpha value is -3.61. The Labute approximate surface area is 173 Å². The zero-order chi connectivity index (χ0) is 20.7. The van der Waals surface area contributed by atoms with E-state index < -0.39 is 0 Å². The first-order valence-corrected chi connectivity index (χ1v) is 9.95. The van der Waals surface area contributed by atoms with Gasteiger partial charge in [0.05, 0.1) is 17.9 Å². The number of hydrogen-bond acceptors (Lipinski definition) is 5. The van der Waals surface area contributed by atoms with Crippen molar-refractivity contribution in [1.29, 1.82) is 0 Å². The standard InChI is InChI=1S/C23H20FN5O/c1-15(30)18-7-3-8-19(26-18)21-14-25-22-10-11-23(27-29(21)22)28-12-4-9-20(28)16-5-2-6-17(24)13-16/h2-3,5-8,10-11,13-14,20H,4,9,12H2,1H3. The van der Waals surface area contributed by atoms with Crippen LogP contribution in [0.1, 0.15) is 41.9 Å². The van der Waals surface area contributed by atoms with Gasteiger partial charge in [-0.1, -0.05) is 18.2 Å². The van der Waals surface area contributed by atoms with Crippen molar-refractivity contribution in [2.24, 2.45) is 0 Å². The molecule has 3 aromatic heterocycles. The zero-order valence-corrected chi connectivity index (χ0v) is 16.5. The number of fused-ring (bicyclic) bond motifs is 1. The average molecular weight is 401 g/mol. The Morgan fingerprint density at radius 1 is 1.13 bits per heavy atom. The van der Waals surface area contributed by atoms with Crippen LogP contribution in [0.15, 0.2) is 60.8 Å². The highest BCUT2D eigenvalue weighted by atomic mass is 19.1. The third-order valence-corrected chi connectivity index (χ3v) is 5.50. The third kappa shape index (κ3) is 3.22. The highest BCUT2D eigenvalue weighted by molar-refractivity contribution is 5.92. The van der Waals surface area contributed by atoms with Gasteiger partial charge < -0.3 is 4.90 Å². The summed E-state index contributed by atoms with van der Waals surface area (Å²) < 4.78 is 15.5. The van der Waals surface area contributed by atoms with E-state index in [1.165, 1.54) is 13.0 Å². The Balaban J connectivity index is 1.56. The average Bonchev–Trinajstić information content (AvgIpc) is 3.40. The fraction of sp³-hybridized carbons (Fsp3) is 0.217. The maximum absolute atomic E-state index is 13.8. The summed E-state index contributed by atoms with van der Waals surface area (Å²) in [6.07, 6.45) is 3.68. The van der Waals surface area contributed by atoms with Gasteiger partial charge in [0.1, 0.15) is 23.0 Å². The van der Waals surface area contributed by atoms with Gasteiger partial charge in [0.15, 0.2) is 11.4 Å². The van der Waals surface area contributed by atoms with E-state index >= 15 is 0 Å². The molecule has 0 bridgehead atoms. The number of imidazole rings is 1. The highest BCUT2D eigenvalue weighted by Crippen LogP contribution is 2.35. The lowest BCUT2D eigenvalue weighted by molar-refractivity contribution is 0.101. The molecule has 4 aromatic rings. The minimum atomic E-state index is -0.226. The molecule has 30 heavy (non-hydrogen) atoms. The van der Waals surface area contributed by atoms with E-state index in [9.17, 15) is 9.18 Å². The van der Waals surface area contributed by atoms with E-state index in [1.54, 1.807) is 28.9 Å². The number of Topliss-reactive ketones (excluding diaryl/α,β-unsaturated/α-hetero) is 1. The lowest BCUT2D eigenvalue weighted by atomic mass is 10.0. The monoisotopic (exact) mass is 401 g/mol. The molecule has 0 radical (unpaired) electrons. The Morgan fingerprint density at radius 3 is 2.83 bits per heavy atom. The molecule has 0 aliphatic carbocycles. The number of halogens is 1. The van der Waals surface area contributed by atoms with Crippen LogP contribution in [-0.2, 0) is 0 Å². The molecule has 5 rings (SSSR count). The number of nitrogens with zero attached hydrogens (tertiary/aromatic N) is 5. The Kier molecular flexibility index (Phi) is 4.50. The number of benzene rings is 1. The molecular weight excluding hydrogens is 381 g/mol. The van der Waals surface area contributed by atoms with E-state index in [0.29, 0.717) is 17.0 Å². The van der Waals surface area contributed by atoms with E-state index in [0.717, 1.165) is 36.5 Å². The molecule has 1 saturated heterocycles. The summed E-state index contributed by atoms with van der Waals surface area (Å²) in [5.41, 5.74) is 3.42. The SMILES string of the molecule is CC(=O)c1cccc(-c2cnc3ccc(N4CCCC4c4cccc(F)c4)nn23)n1. The van der Waals surface area contributed by atoms with Crippen LogP contribution in [0, 0.1) is 5.82 Å². The molecule has 4 heterocycles. The number of anilines is 1. The van der Waals surface area contributed by atoms with Gasteiger partial charge in [-0.2, -0.15) is 0 Å². The molecule has 0 saturated carbocycles. The summed E-state index contributed by atoms with van der Waals surface area (Å²) in [4.78, 5) is 22.8. The van der Waals surface area contributed by atoms with Crippen molar-refractivity contribution in [3.8, 4) is 11.4 Å². The first-order valence-electron chi connectivity index (χ1n) is 9.95. The molecule has 7 heteroatoms. The first kappa shape index (κ1) is 18.4. The minimum absolute atomic E-state index is 0.0804. The second kappa shape index (κ2) is 7.33. The summed E-state index contributed by atoms with van der Waals surface area (Å²) in [7, 11) is 0.